The average Bonchev–Trinajstić information content (AvgIpc) is 2.66. The van der Waals surface area contributed by atoms with Gasteiger partial charge in [0.1, 0.15) is 11.6 Å². The zero-order valence-corrected chi connectivity index (χ0v) is 16.1. The molecule has 3 N–H and O–H groups in total. The maximum atomic E-state index is 8.61. The number of amidine groups is 1. The van der Waals surface area contributed by atoms with Crippen molar-refractivity contribution in [3.05, 3.63) is 58.7 Å². The van der Waals surface area contributed by atoms with E-state index in [1.165, 1.54) is 0 Å². The normalized spacial score (nSPS) is 10.9. The number of rotatable bonds is 7. The van der Waals surface area contributed by atoms with Gasteiger partial charge in [-0.05, 0) is 55.2 Å². The van der Waals surface area contributed by atoms with E-state index >= 15 is 0 Å². The van der Waals surface area contributed by atoms with Crippen LogP contribution in [0.5, 0.6) is 11.5 Å². The van der Waals surface area contributed by atoms with E-state index in [9.17, 15) is 0 Å². The monoisotopic (exact) mass is 364 g/mol. The molecule has 0 saturated carbocycles. The van der Waals surface area contributed by atoms with Crippen molar-refractivity contribution in [2.24, 2.45) is 10.7 Å². The molecule has 0 fully saturated rings. The number of nitriles is 1. The van der Waals surface area contributed by atoms with E-state index in [-0.39, 0.29) is 0 Å². The van der Waals surface area contributed by atoms with Crippen LogP contribution in [0.4, 0.5) is 5.69 Å². The summed E-state index contributed by atoms with van der Waals surface area (Å²) in [7, 11) is 1.62. The maximum Gasteiger partial charge on any atom is 0.212 e. The molecule has 27 heavy (non-hydrogen) atoms. The van der Waals surface area contributed by atoms with Crippen molar-refractivity contribution in [3.8, 4) is 17.7 Å². The van der Waals surface area contributed by atoms with Gasteiger partial charge in [-0.15, -0.1) is 0 Å². The lowest BCUT2D eigenvalue weighted by molar-refractivity contribution is 0.247. The van der Waals surface area contributed by atoms with Crippen LogP contribution in [0, 0.1) is 25.3 Å². The Morgan fingerprint density at radius 3 is 2.48 bits per heavy atom. The Balaban J connectivity index is 2.52. The highest BCUT2D eigenvalue weighted by atomic mass is 16.6. The van der Waals surface area contributed by atoms with Gasteiger partial charge < -0.3 is 15.3 Å². The van der Waals surface area contributed by atoms with Gasteiger partial charge in [-0.3, -0.25) is 0 Å². The van der Waals surface area contributed by atoms with E-state index in [0.29, 0.717) is 17.3 Å². The second-order valence-electron chi connectivity index (χ2n) is 6.03. The Morgan fingerprint density at radius 2 is 1.96 bits per heavy atom. The lowest BCUT2D eigenvalue weighted by Crippen LogP contribution is -2.16. The number of nitrogens with two attached hydrogens (primary N) is 1. The van der Waals surface area contributed by atoms with Gasteiger partial charge in [-0.2, -0.15) is 10.7 Å². The van der Waals surface area contributed by atoms with Crippen LogP contribution < -0.4 is 20.8 Å². The van der Waals surface area contributed by atoms with Crippen LogP contribution in [0.2, 0.25) is 0 Å². The van der Waals surface area contributed by atoms with Gasteiger partial charge in [-0.1, -0.05) is 19.6 Å². The molecule has 0 atom stereocenters. The third-order valence-corrected chi connectivity index (χ3v) is 4.23. The van der Waals surface area contributed by atoms with Crippen LogP contribution in [-0.4, -0.2) is 12.9 Å². The first-order chi connectivity index (χ1) is 12.9. The highest BCUT2D eigenvalue weighted by molar-refractivity contribution is 6.00. The number of nitrogens with zero attached hydrogens (tertiary/aromatic N) is 2. The molecular weight excluding hydrogens is 340 g/mol. The van der Waals surface area contributed by atoms with Crippen LogP contribution in [0.3, 0.4) is 0 Å². The molecule has 0 aromatic heterocycles. The Bertz CT molecular complexity index is 904. The zero-order chi connectivity index (χ0) is 20.0. The molecule has 0 bridgehead atoms. The standard InChI is InChI=1S/C21H24N4O2/c1-6-15-10-17(26-5)11-19(18(15)7-2)25-21(23)16-8-13(3)20(14(4)9-16)27-24-12-22/h7-11,24H,2,6H2,1,3-5H3,(H2,23,25). The Kier molecular flexibility index (Phi) is 6.45. The van der Waals surface area contributed by atoms with E-state index in [2.05, 4.69) is 24.0 Å². The molecule has 0 spiro atoms. The summed E-state index contributed by atoms with van der Waals surface area (Å²) < 4.78 is 5.38. The number of methoxy groups -OCH3 is 1. The summed E-state index contributed by atoms with van der Waals surface area (Å²) >= 11 is 0. The maximum absolute atomic E-state index is 8.61. The van der Waals surface area contributed by atoms with E-state index in [1.54, 1.807) is 19.4 Å². The number of ether oxygens (including phenoxy) is 1. The summed E-state index contributed by atoms with van der Waals surface area (Å²) in [4.78, 5) is 9.87. The quantitative estimate of drug-likeness (QED) is 0.255. The van der Waals surface area contributed by atoms with E-state index < -0.39 is 0 Å². The molecule has 2 aromatic rings. The van der Waals surface area contributed by atoms with Crippen molar-refractivity contribution < 1.29 is 9.57 Å². The molecule has 2 aromatic carbocycles. The molecule has 0 radical (unpaired) electrons. The summed E-state index contributed by atoms with van der Waals surface area (Å²) in [5, 5.41) is 8.61. The van der Waals surface area contributed by atoms with Gasteiger partial charge in [0.2, 0.25) is 6.19 Å². The molecule has 0 aliphatic heterocycles. The van der Waals surface area contributed by atoms with Crippen LogP contribution in [-0.2, 0) is 6.42 Å². The molecule has 0 aliphatic rings. The number of benzene rings is 2. The zero-order valence-electron chi connectivity index (χ0n) is 16.1. The first kappa shape index (κ1) is 19.9. The third-order valence-electron chi connectivity index (χ3n) is 4.23. The highest BCUT2D eigenvalue weighted by Crippen LogP contribution is 2.31. The Labute approximate surface area is 159 Å². The fourth-order valence-corrected chi connectivity index (χ4v) is 2.93. The number of hydrogen-bond acceptors (Lipinski definition) is 5. The first-order valence-corrected chi connectivity index (χ1v) is 8.55. The van der Waals surface area contributed by atoms with Crippen molar-refractivity contribution in [1.82, 2.24) is 5.48 Å². The van der Waals surface area contributed by atoms with Crippen LogP contribution >= 0.6 is 0 Å². The summed E-state index contributed by atoms with van der Waals surface area (Å²) in [5.41, 5.74) is 13.7. The minimum atomic E-state index is 0.374. The molecule has 6 heteroatoms. The first-order valence-electron chi connectivity index (χ1n) is 8.55. The predicted molar refractivity (Wildman–Crippen MR) is 108 cm³/mol. The summed E-state index contributed by atoms with van der Waals surface area (Å²) in [6.45, 7) is 9.74. The third kappa shape index (κ3) is 4.39. The molecule has 140 valence electrons. The van der Waals surface area contributed by atoms with Crippen molar-refractivity contribution in [2.75, 3.05) is 7.11 Å². The summed E-state index contributed by atoms with van der Waals surface area (Å²) in [6.07, 6.45) is 4.35. The minimum absolute atomic E-state index is 0.374. The van der Waals surface area contributed by atoms with Gasteiger partial charge in [0.25, 0.3) is 0 Å². The van der Waals surface area contributed by atoms with Gasteiger partial charge in [-0.25, -0.2) is 4.99 Å². The number of aliphatic imine (C=N–C) groups is 1. The van der Waals surface area contributed by atoms with Crippen molar-refractivity contribution in [1.29, 1.82) is 5.26 Å². The number of aryl methyl sites for hydroxylation is 3. The van der Waals surface area contributed by atoms with E-state index in [1.807, 2.05) is 38.1 Å². The molecular formula is C21H24N4O2. The van der Waals surface area contributed by atoms with Gasteiger partial charge in [0, 0.05) is 17.2 Å². The number of hydroxylamine groups is 1. The van der Waals surface area contributed by atoms with Crippen molar-refractivity contribution in [3.63, 3.8) is 0 Å². The second kappa shape index (κ2) is 8.77. The fraction of sp³-hybridized carbons (Fsp3) is 0.238. The predicted octanol–water partition coefficient (Wildman–Crippen LogP) is 3.92. The summed E-state index contributed by atoms with van der Waals surface area (Å²) in [6, 6.07) is 7.56. The number of nitrogens with one attached hydrogen (secondary N) is 1. The molecule has 0 amide bonds. The second-order valence-corrected chi connectivity index (χ2v) is 6.03. The largest absolute Gasteiger partial charge is 0.497 e. The van der Waals surface area contributed by atoms with E-state index in [0.717, 1.165) is 40.0 Å². The fourth-order valence-electron chi connectivity index (χ4n) is 2.93. The smallest absolute Gasteiger partial charge is 0.212 e. The Hall–Kier alpha value is -3.46. The summed E-state index contributed by atoms with van der Waals surface area (Å²) in [5.74, 6) is 1.69. The van der Waals surface area contributed by atoms with Crippen molar-refractivity contribution >= 4 is 17.6 Å². The molecule has 2 rings (SSSR count). The van der Waals surface area contributed by atoms with E-state index in [4.69, 9.17) is 20.6 Å². The van der Waals surface area contributed by atoms with Gasteiger partial charge >= 0.3 is 0 Å². The van der Waals surface area contributed by atoms with Crippen LogP contribution in [0.25, 0.3) is 6.08 Å². The van der Waals surface area contributed by atoms with Crippen molar-refractivity contribution in [2.45, 2.75) is 27.2 Å². The molecule has 0 saturated heterocycles. The van der Waals surface area contributed by atoms with Crippen LogP contribution in [0.15, 0.2) is 35.8 Å². The molecule has 0 unspecified atom stereocenters. The van der Waals surface area contributed by atoms with Gasteiger partial charge in [0.15, 0.2) is 5.75 Å². The van der Waals surface area contributed by atoms with Gasteiger partial charge in [0.05, 0.1) is 12.8 Å². The number of hydrogen-bond donors (Lipinski definition) is 2. The lowest BCUT2D eigenvalue weighted by Gasteiger charge is -2.13. The average molecular weight is 364 g/mol. The molecule has 0 aliphatic carbocycles. The Morgan fingerprint density at radius 1 is 1.30 bits per heavy atom. The lowest BCUT2D eigenvalue weighted by atomic mass is 10.0. The SMILES string of the molecule is C=Cc1c(CC)cc(OC)cc1N=C(N)c1cc(C)c(ONC#N)c(C)c1. The highest BCUT2D eigenvalue weighted by Gasteiger charge is 2.12. The van der Waals surface area contributed by atoms with Crippen LogP contribution in [0.1, 0.15) is 34.7 Å². The molecule has 6 nitrogen and oxygen atoms in total. The topological polar surface area (TPSA) is 92.7 Å². The molecule has 0 heterocycles. The minimum Gasteiger partial charge on any atom is -0.497 e.